The molecule has 0 saturated carbocycles. The van der Waals surface area contributed by atoms with E-state index < -0.39 is 0 Å². The summed E-state index contributed by atoms with van der Waals surface area (Å²) in [6, 6.07) is 2.02. The maximum atomic E-state index is 11.8. The molecule has 1 fully saturated rings. The van der Waals surface area contributed by atoms with Gasteiger partial charge in [0.2, 0.25) is 0 Å². The molecule has 136 valence electrons. The minimum Gasteiger partial charge on any atom is -0.385 e. The van der Waals surface area contributed by atoms with Crippen LogP contribution in [0.4, 0.5) is 0 Å². The number of nitrogens with one attached hydrogen (secondary N) is 1. The van der Waals surface area contributed by atoms with Crippen molar-refractivity contribution in [3.8, 4) is 0 Å². The SMILES string of the molecule is C=C(/C=C\C=C(/N)N1CCOCC1=O)c1cnc2[nH]c(Cl)c(CC)c2c1. The number of rotatable bonds is 5. The van der Waals surface area contributed by atoms with Crippen LogP contribution >= 0.6 is 11.6 Å². The standard InChI is InChI=1S/C19H21ClN4O2/c1-3-14-15-9-13(10-22-19(15)23-18(14)20)12(2)5-4-6-16(21)24-7-8-26-11-17(24)25/h4-6,9-10H,2-3,7-8,11,21H2,1H3,(H,22,23)/b5-4-,16-6+. The molecule has 1 amide bonds. The number of amides is 1. The van der Waals surface area contributed by atoms with Crippen LogP contribution in [0.25, 0.3) is 16.6 Å². The van der Waals surface area contributed by atoms with Gasteiger partial charge in [-0.05, 0) is 29.7 Å². The van der Waals surface area contributed by atoms with E-state index in [4.69, 9.17) is 22.1 Å². The summed E-state index contributed by atoms with van der Waals surface area (Å²) in [6.07, 6.45) is 7.86. The second kappa shape index (κ2) is 7.76. The first-order valence-corrected chi connectivity index (χ1v) is 8.76. The molecule has 2 aromatic rings. The zero-order valence-corrected chi connectivity index (χ0v) is 15.3. The smallest absolute Gasteiger partial charge is 0.254 e. The molecule has 3 N–H and O–H groups in total. The molecule has 0 atom stereocenters. The second-order valence-electron chi connectivity index (χ2n) is 5.97. The third-order valence-corrected chi connectivity index (χ3v) is 4.61. The highest BCUT2D eigenvalue weighted by molar-refractivity contribution is 6.31. The number of pyridine rings is 1. The summed E-state index contributed by atoms with van der Waals surface area (Å²) >= 11 is 6.21. The van der Waals surface area contributed by atoms with Crippen LogP contribution < -0.4 is 5.73 Å². The summed E-state index contributed by atoms with van der Waals surface area (Å²) in [7, 11) is 0. The number of hydrogen-bond donors (Lipinski definition) is 2. The molecule has 3 rings (SSSR count). The van der Waals surface area contributed by atoms with Crippen molar-refractivity contribution in [2.24, 2.45) is 5.73 Å². The number of hydrogen-bond acceptors (Lipinski definition) is 4. The molecule has 0 spiro atoms. The van der Waals surface area contributed by atoms with Gasteiger partial charge >= 0.3 is 0 Å². The van der Waals surface area contributed by atoms with Crippen molar-refractivity contribution in [1.82, 2.24) is 14.9 Å². The van der Waals surface area contributed by atoms with Gasteiger partial charge in [0.15, 0.2) is 0 Å². The zero-order valence-electron chi connectivity index (χ0n) is 14.6. The van der Waals surface area contributed by atoms with Crippen molar-refractivity contribution in [1.29, 1.82) is 0 Å². The molecule has 0 radical (unpaired) electrons. The van der Waals surface area contributed by atoms with Gasteiger partial charge in [-0.25, -0.2) is 4.98 Å². The topological polar surface area (TPSA) is 84.2 Å². The van der Waals surface area contributed by atoms with Crippen molar-refractivity contribution >= 4 is 34.1 Å². The lowest BCUT2D eigenvalue weighted by Crippen LogP contribution is -2.43. The predicted octanol–water partition coefficient (Wildman–Crippen LogP) is 3.01. The average molecular weight is 373 g/mol. The molecule has 2 aromatic heterocycles. The van der Waals surface area contributed by atoms with E-state index in [1.54, 1.807) is 18.3 Å². The molecule has 1 aliphatic rings. The van der Waals surface area contributed by atoms with Gasteiger partial charge in [0.1, 0.15) is 23.2 Å². The monoisotopic (exact) mass is 372 g/mol. The van der Waals surface area contributed by atoms with E-state index in [0.717, 1.165) is 34.2 Å². The summed E-state index contributed by atoms with van der Waals surface area (Å²) < 4.78 is 5.09. The quantitative estimate of drug-likeness (QED) is 0.790. The van der Waals surface area contributed by atoms with E-state index in [1.165, 1.54) is 4.90 Å². The largest absolute Gasteiger partial charge is 0.385 e. The fourth-order valence-corrected chi connectivity index (χ4v) is 3.18. The first-order chi connectivity index (χ1) is 12.5. The minimum atomic E-state index is -0.136. The minimum absolute atomic E-state index is 0.0651. The van der Waals surface area contributed by atoms with Gasteiger partial charge in [-0.1, -0.05) is 37.3 Å². The highest BCUT2D eigenvalue weighted by Crippen LogP contribution is 2.27. The molecule has 0 aliphatic carbocycles. The van der Waals surface area contributed by atoms with Crippen LogP contribution in [0, 0.1) is 0 Å². The number of aromatic amines is 1. The number of aromatic nitrogens is 2. The number of halogens is 1. The molecule has 26 heavy (non-hydrogen) atoms. The maximum absolute atomic E-state index is 11.8. The Morgan fingerprint density at radius 3 is 3.12 bits per heavy atom. The van der Waals surface area contributed by atoms with Crippen LogP contribution in [-0.4, -0.2) is 40.5 Å². The number of carbonyl (C=O) groups excluding carboxylic acids is 1. The van der Waals surface area contributed by atoms with Crippen LogP contribution in [0.3, 0.4) is 0 Å². The second-order valence-corrected chi connectivity index (χ2v) is 6.34. The molecule has 1 saturated heterocycles. The van der Waals surface area contributed by atoms with Crippen LogP contribution in [0.5, 0.6) is 0 Å². The van der Waals surface area contributed by atoms with Crippen LogP contribution in [0.2, 0.25) is 5.15 Å². The van der Waals surface area contributed by atoms with Gasteiger partial charge in [0, 0.05) is 17.1 Å². The molecular formula is C19H21ClN4O2. The molecule has 6 nitrogen and oxygen atoms in total. The predicted molar refractivity (Wildman–Crippen MR) is 103 cm³/mol. The lowest BCUT2D eigenvalue weighted by Gasteiger charge is -2.26. The molecule has 0 bridgehead atoms. The Labute approximate surface area is 157 Å². The number of carbonyl (C=O) groups is 1. The van der Waals surface area contributed by atoms with Gasteiger partial charge in [0.05, 0.1) is 13.2 Å². The van der Waals surface area contributed by atoms with Crippen molar-refractivity contribution in [2.45, 2.75) is 13.3 Å². The fraction of sp³-hybridized carbons (Fsp3) is 0.263. The third-order valence-electron chi connectivity index (χ3n) is 4.29. The number of nitrogens with zero attached hydrogens (tertiary/aromatic N) is 2. The summed E-state index contributed by atoms with van der Waals surface area (Å²) in [6.45, 7) is 7.15. The molecule has 7 heteroatoms. The average Bonchev–Trinajstić information content (AvgIpc) is 2.95. The fourth-order valence-electron chi connectivity index (χ4n) is 2.85. The first kappa shape index (κ1) is 18.2. The number of nitrogens with two attached hydrogens (primary N) is 1. The van der Waals surface area contributed by atoms with Crippen molar-refractivity contribution in [2.75, 3.05) is 19.8 Å². The van der Waals surface area contributed by atoms with E-state index in [1.807, 2.05) is 12.1 Å². The molecule has 1 aliphatic heterocycles. The zero-order chi connectivity index (χ0) is 18.7. The lowest BCUT2D eigenvalue weighted by atomic mass is 10.1. The number of fused-ring (bicyclic) bond motifs is 1. The van der Waals surface area contributed by atoms with Gasteiger partial charge in [-0.3, -0.25) is 9.69 Å². The number of morpholine rings is 1. The van der Waals surface area contributed by atoms with Gasteiger partial charge in [0.25, 0.3) is 5.91 Å². The Morgan fingerprint density at radius 1 is 1.58 bits per heavy atom. The summed E-state index contributed by atoms with van der Waals surface area (Å²) in [4.78, 5) is 20.8. The highest BCUT2D eigenvalue weighted by Gasteiger charge is 2.19. The van der Waals surface area contributed by atoms with Gasteiger partial charge < -0.3 is 15.5 Å². The first-order valence-electron chi connectivity index (χ1n) is 8.38. The molecular weight excluding hydrogens is 352 g/mol. The number of H-pyrrole nitrogens is 1. The van der Waals surface area contributed by atoms with Crippen LogP contribution in [0.15, 0.2) is 42.9 Å². The van der Waals surface area contributed by atoms with E-state index >= 15 is 0 Å². The molecule has 0 aromatic carbocycles. The number of ether oxygens (including phenoxy) is 1. The molecule has 3 heterocycles. The number of aryl methyl sites for hydroxylation is 1. The van der Waals surface area contributed by atoms with Gasteiger partial charge in [-0.15, -0.1) is 0 Å². The Kier molecular flexibility index (Phi) is 5.44. The Hall–Kier alpha value is -2.57. The van der Waals surface area contributed by atoms with Crippen molar-refractivity contribution in [3.05, 3.63) is 59.2 Å². The molecule has 0 unspecified atom stereocenters. The Bertz CT molecular complexity index is 914. The normalized spacial score (nSPS) is 16.0. The Morgan fingerprint density at radius 2 is 2.38 bits per heavy atom. The summed E-state index contributed by atoms with van der Waals surface area (Å²) in [5.74, 6) is 0.255. The maximum Gasteiger partial charge on any atom is 0.254 e. The Balaban J connectivity index is 1.77. The van der Waals surface area contributed by atoms with E-state index in [2.05, 4.69) is 23.5 Å². The third kappa shape index (κ3) is 3.66. The summed E-state index contributed by atoms with van der Waals surface area (Å²) in [5, 5.41) is 1.62. The van der Waals surface area contributed by atoms with Crippen LogP contribution in [-0.2, 0) is 16.0 Å². The van der Waals surface area contributed by atoms with Crippen molar-refractivity contribution in [3.63, 3.8) is 0 Å². The summed E-state index contributed by atoms with van der Waals surface area (Å²) in [5.41, 5.74) is 9.47. The highest BCUT2D eigenvalue weighted by atomic mass is 35.5. The van der Waals surface area contributed by atoms with E-state index in [-0.39, 0.29) is 12.5 Å². The van der Waals surface area contributed by atoms with Gasteiger partial charge in [-0.2, -0.15) is 0 Å². The van der Waals surface area contributed by atoms with Crippen molar-refractivity contribution < 1.29 is 9.53 Å². The van der Waals surface area contributed by atoms with Crippen LogP contribution in [0.1, 0.15) is 18.1 Å². The van der Waals surface area contributed by atoms with E-state index in [0.29, 0.717) is 24.1 Å². The lowest BCUT2D eigenvalue weighted by molar-refractivity contribution is -0.140. The number of allylic oxidation sites excluding steroid dienone is 4. The van der Waals surface area contributed by atoms with E-state index in [9.17, 15) is 4.79 Å².